The van der Waals surface area contributed by atoms with Crippen LogP contribution in [0.3, 0.4) is 0 Å². The highest BCUT2D eigenvalue weighted by Gasteiger charge is 2.16. The van der Waals surface area contributed by atoms with Gasteiger partial charge in [-0.3, -0.25) is 0 Å². The molecule has 1 heterocycles. The first-order valence-electron chi connectivity index (χ1n) is 4.97. The molecule has 1 aromatic rings. The lowest BCUT2D eigenvalue weighted by atomic mass is 10.2. The summed E-state index contributed by atoms with van der Waals surface area (Å²) in [4.78, 5) is 0. The molecule has 0 aromatic heterocycles. The zero-order valence-electron chi connectivity index (χ0n) is 8.63. The van der Waals surface area contributed by atoms with Crippen LogP contribution in [0.5, 0.6) is 5.75 Å². The Balaban J connectivity index is 2.14. The van der Waals surface area contributed by atoms with Crippen LogP contribution in [0, 0.1) is 5.82 Å². The number of methoxy groups -OCH3 is 1. The molecule has 15 heavy (non-hydrogen) atoms. The van der Waals surface area contributed by atoms with Gasteiger partial charge in [-0.2, -0.15) is 11.8 Å². The van der Waals surface area contributed by atoms with Crippen molar-refractivity contribution in [3.63, 3.8) is 0 Å². The highest BCUT2D eigenvalue weighted by atomic mass is 32.2. The third-order valence-electron chi connectivity index (χ3n) is 2.45. The fourth-order valence-corrected chi connectivity index (χ4v) is 2.81. The molecule has 0 aliphatic carbocycles. The Morgan fingerprint density at radius 1 is 1.53 bits per heavy atom. The van der Waals surface area contributed by atoms with E-state index in [4.69, 9.17) is 4.74 Å². The topological polar surface area (TPSA) is 21.3 Å². The second-order valence-corrected chi connectivity index (χ2v) is 4.70. The Morgan fingerprint density at radius 3 is 3.07 bits per heavy atom. The molecule has 1 saturated heterocycles. The van der Waals surface area contributed by atoms with Gasteiger partial charge in [0, 0.05) is 17.9 Å². The highest BCUT2D eigenvalue weighted by Crippen LogP contribution is 2.28. The highest BCUT2D eigenvalue weighted by molar-refractivity contribution is 7.99. The molecule has 2 nitrogen and oxygen atoms in total. The third-order valence-corrected chi connectivity index (χ3v) is 3.61. The van der Waals surface area contributed by atoms with Crippen molar-refractivity contribution in [2.45, 2.75) is 12.5 Å². The van der Waals surface area contributed by atoms with Gasteiger partial charge in [-0.25, -0.2) is 4.39 Å². The maximum absolute atomic E-state index is 13.1. The molecule has 1 unspecified atom stereocenters. The second kappa shape index (κ2) is 4.75. The summed E-state index contributed by atoms with van der Waals surface area (Å²) in [6.45, 7) is 0. The van der Waals surface area contributed by atoms with Gasteiger partial charge in [0.15, 0.2) is 0 Å². The van der Waals surface area contributed by atoms with Crippen molar-refractivity contribution in [1.29, 1.82) is 0 Å². The van der Waals surface area contributed by atoms with Gasteiger partial charge < -0.3 is 10.1 Å². The lowest BCUT2D eigenvalue weighted by Crippen LogP contribution is -2.18. The molecule has 1 aliphatic heterocycles. The molecular weight excluding hydrogens is 213 g/mol. The predicted octanol–water partition coefficient (Wildman–Crippen LogP) is 2.75. The minimum Gasteiger partial charge on any atom is -0.495 e. The van der Waals surface area contributed by atoms with Crippen molar-refractivity contribution >= 4 is 17.4 Å². The van der Waals surface area contributed by atoms with Crippen molar-refractivity contribution in [1.82, 2.24) is 0 Å². The van der Waals surface area contributed by atoms with Crippen molar-refractivity contribution in [2.24, 2.45) is 0 Å². The maximum atomic E-state index is 13.1. The molecule has 4 heteroatoms. The van der Waals surface area contributed by atoms with Crippen LogP contribution >= 0.6 is 11.8 Å². The third kappa shape index (κ3) is 2.56. The molecule has 0 spiro atoms. The Bertz CT molecular complexity index is 339. The lowest BCUT2D eigenvalue weighted by molar-refractivity contribution is 0.415. The van der Waals surface area contributed by atoms with Crippen LogP contribution in [0.25, 0.3) is 0 Å². The van der Waals surface area contributed by atoms with Gasteiger partial charge in [-0.05, 0) is 24.3 Å². The van der Waals surface area contributed by atoms with Crippen molar-refractivity contribution < 1.29 is 9.13 Å². The fraction of sp³-hybridized carbons (Fsp3) is 0.455. The fourth-order valence-electron chi connectivity index (χ4n) is 1.66. The van der Waals surface area contributed by atoms with Gasteiger partial charge in [0.05, 0.1) is 12.8 Å². The van der Waals surface area contributed by atoms with Gasteiger partial charge in [0.2, 0.25) is 0 Å². The number of halogens is 1. The molecule has 0 bridgehead atoms. The van der Waals surface area contributed by atoms with Gasteiger partial charge in [0.1, 0.15) is 11.6 Å². The number of nitrogens with one attached hydrogen (secondary N) is 1. The Morgan fingerprint density at radius 2 is 2.40 bits per heavy atom. The van der Waals surface area contributed by atoms with E-state index in [1.807, 2.05) is 11.8 Å². The Labute approximate surface area is 93.2 Å². The van der Waals surface area contributed by atoms with Crippen LogP contribution < -0.4 is 10.1 Å². The number of hydrogen-bond acceptors (Lipinski definition) is 3. The summed E-state index contributed by atoms with van der Waals surface area (Å²) in [6.07, 6.45) is 1.13. The van der Waals surface area contributed by atoms with Crippen molar-refractivity contribution in [3.8, 4) is 5.75 Å². The molecule has 0 saturated carbocycles. The summed E-state index contributed by atoms with van der Waals surface area (Å²) < 4.78 is 18.2. The smallest absolute Gasteiger partial charge is 0.142 e. The van der Waals surface area contributed by atoms with Crippen LogP contribution in [-0.2, 0) is 0 Å². The van der Waals surface area contributed by atoms with Crippen LogP contribution in [0.4, 0.5) is 10.1 Å². The van der Waals surface area contributed by atoms with E-state index < -0.39 is 0 Å². The summed E-state index contributed by atoms with van der Waals surface area (Å²) in [5, 5.41) is 3.32. The minimum absolute atomic E-state index is 0.232. The van der Waals surface area contributed by atoms with E-state index in [-0.39, 0.29) is 5.82 Å². The first-order chi connectivity index (χ1) is 7.29. The molecule has 1 N–H and O–H groups in total. The molecule has 1 aromatic carbocycles. The summed E-state index contributed by atoms with van der Waals surface area (Å²) >= 11 is 1.92. The number of rotatable bonds is 3. The first-order valence-corrected chi connectivity index (χ1v) is 6.13. The van der Waals surface area contributed by atoms with E-state index in [9.17, 15) is 4.39 Å². The molecule has 82 valence electrons. The maximum Gasteiger partial charge on any atom is 0.142 e. The number of anilines is 1. The minimum atomic E-state index is -0.232. The van der Waals surface area contributed by atoms with Crippen molar-refractivity contribution in [2.75, 3.05) is 23.9 Å². The van der Waals surface area contributed by atoms with Gasteiger partial charge in [0.25, 0.3) is 0 Å². The normalized spacial score (nSPS) is 20.3. The lowest BCUT2D eigenvalue weighted by Gasteiger charge is -2.15. The zero-order chi connectivity index (χ0) is 10.7. The molecule has 1 atom stereocenters. The first kappa shape index (κ1) is 10.6. The summed E-state index contributed by atoms with van der Waals surface area (Å²) in [5.41, 5.74) is 0.755. The van der Waals surface area contributed by atoms with Gasteiger partial charge in [-0.15, -0.1) is 0 Å². The molecule has 1 fully saturated rings. The zero-order valence-corrected chi connectivity index (χ0v) is 9.44. The van der Waals surface area contributed by atoms with E-state index in [2.05, 4.69) is 5.32 Å². The largest absolute Gasteiger partial charge is 0.495 e. The Hall–Kier alpha value is -0.900. The summed E-state index contributed by atoms with van der Waals surface area (Å²) in [7, 11) is 1.60. The van der Waals surface area contributed by atoms with Crippen LogP contribution in [0.1, 0.15) is 6.42 Å². The average Bonchev–Trinajstić information content (AvgIpc) is 2.71. The molecule has 1 aliphatic rings. The average molecular weight is 227 g/mol. The predicted molar refractivity (Wildman–Crippen MR) is 62.3 cm³/mol. The van der Waals surface area contributed by atoms with E-state index in [0.717, 1.165) is 17.9 Å². The van der Waals surface area contributed by atoms with E-state index in [1.54, 1.807) is 13.2 Å². The van der Waals surface area contributed by atoms with E-state index in [0.29, 0.717) is 11.8 Å². The van der Waals surface area contributed by atoms with Crippen LogP contribution in [-0.4, -0.2) is 24.7 Å². The Kier molecular flexibility index (Phi) is 3.36. The van der Waals surface area contributed by atoms with E-state index in [1.165, 1.54) is 17.9 Å². The second-order valence-electron chi connectivity index (χ2n) is 3.55. The van der Waals surface area contributed by atoms with Crippen LogP contribution in [0.2, 0.25) is 0 Å². The van der Waals surface area contributed by atoms with Gasteiger partial charge >= 0.3 is 0 Å². The quantitative estimate of drug-likeness (QED) is 0.858. The molecular formula is C11H14FNOS. The SMILES string of the molecule is COc1ccc(F)cc1NC1CCSC1. The van der Waals surface area contributed by atoms with E-state index >= 15 is 0 Å². The molecule has 0 amide bonds. The number of hydrogen-bond donors (Lipinski definition) is 1. The van der Waals surface area contributed by atoms with Crippen molar-refractivity contribution in [3.05, 3.63) is 24.0 Å². The number of ether oxygens (including phenoxy) is 1. The summed E-state index contributed by atoms with van der Waals surface area (Å²) in [5.74, 6) is 2.73. The van der Waals surface area contributed by atoms with Crippen LogP contribution in [0.15, 0.2) is 18.2 Å². The standard InChI is InChI=1S/C11H14FNOS/c1-14-11-3-2-8(12)6-10(11)13-9-4-5-15-7-9/h2-3,6,9,13H,4-5,7H2,1H3. The molecule has 0 radical (unpaired) electrons. The van der Waals surface area contributed by atoms with Gasteiger partial charge in [-0.1, -0.05) is 0 Å². The molecule has 2 rings (SSSR count). The number of thioether (sulfide) groups is 1. The number of benzene rings is 1. The monoisotopic (exact) mass is 227 g/mol. The summed E-state index contributed by atoms with van der Waals surface area (Å²) in [6, 6.07) is 4.99.